The molecule has 0 atom stereocenters. The number of aromatic nitrogens is 1. The first-order chi connectivity index (χ1) is 9.39. The van der Waals surface area contributed by atoms with Crippen LogP contribution in [0.3, 0.4) is 0 Å². The number of alkyl halides is 3. The number of pyridine rings is 1. The van der Waals surface area contributed by atoms with Crippen LogP contribution in [0.1, 0.15) is 5.56 Å². The van der Waals surface area contributed by atoms with Crippen molar-refractivity contribution < 1.29 is 22.7 Å². The Hall–Kier alpha value is -2.08. The second-order valence-corrected chi connectivity index (χ2v) is 4.09. The quantitative estimate of drug-likeness (QED) is 0.810. The van der Waals surface area contributed by atoms with Crippen LogP contribution >= 0.6 is 11.6 Å². The lowest BCUT2D eigenvalue weighted by Gasteiger charge is -2.11. The molecule has 103 valence electrons. The summed E-state index contributed by atoms with van der Waals surface area (Å²) in [7, 11) is 0. The molecule has 0 aliphatic heterocycles. The van der Waals surface area contributed by atoms with E-state index >= 15 is 0 Å². The summed E-state index contributed by atoms with van der Waals surface area (Å²) in [5.41, 5.74) is 0.474. The third-order valence-corrected chi connectivity index (χ3v) is 2.54. The van der Waals surface area contributed by atoms with Crippen molar-refractivity contribution in [1.29, 1.82) is 0 Å². The van der Waals surface area contributed by atoms with E-state index < -0.39 is 12.1 Å². The van der Waals surface area contributed by atoms with E-state index in [-0.39, 0.29) is 22.0 Å². The first-order valence-electron chi connectivity index (χ1n) is 5.30. The summed E-state index contributed by atoms with van der Waals surface area (Å²) in [5, 5.41) is 0.154. The monoisotopic (exact) mass is 300 g/mol. The minimum absolute atomic E-state index is 0.0642. The van der Waals surface area contributed by atoms with Gasteiger partial charge in [0, 0.05) is 11.1 Å². The lowest BCUT2D eigenvalue weighted by atomic mass is 10.0. The maximum Gasteiger partial charge on any atom is 0.573 e. The first-order valence-corrected chi connectivity index (χ1v) is 5.68. The average Bonchev–Trinajstić information content (AvgIpc) is 2.37. The fourth-order valence-electron chi connectivity index (χ4n) is 1.58. The van der Waals surface area contributed by atoms with E-state index in [1.54, 1.807) is 12.4 Å². The van der Waals surface area contributed by atoms with Crippen molar-refractivity contribution in [3.63, 3.8) is 0 Å². The predicted molar refractivity (Wildman–Crippen MR) is 66.2 cm³/mol. The van der Waals surface area contributed by atoms with Crippen LogP contribution in [-0.4, -0.2) is 17.6 Å². The van der Waals surface area contributed by atoms with Crippen LogP contribution in [0.2, 0.25) is 5.15 Å². The van der Waals surface area contributed by atoms with Gasteiger partial charge in [-0.25, -0.2) is 4.98 Å². The van der Waals surface area contributed by atoms with Crippen molar-refractivity contribution in [2.24, 2.45) is 0 Å². The van der Waals surface area contributed by atoms with E-state index in [4.69, 9.17) is 11.6 Å². The second kappa shape index (κ2) is 5.50. The van der Waals surface area contributed by atoms with E-state index in [0.717, 1.165) is 12.1 Å². The third kappa shape index (κ3) is 3.48. The topological polar surface area (TPSA) is 39.2 Å². The van der Waals surface area contributed by atoms with Crippen molar-refractivity contribution in [3.8, 4) is 17.0 Å². The van der Waals surface area contributed by atoms with Crippen LogP contribution < -0.4 is 4.74 Å². The fraction of sp³-hybridized carbons (Fsp3) is 0.0769. The van der Waals surface area contributed by atoms with E-state index in [0.29, 0.717) is 0 Å². The number of nitrogens with zero attached hydrogens (tertiary/aromatic N) is 1. The summed E-state index contributed by atoms with van der Waals surface area (Å²) in [6, 6.07) is 7.85. The number of hydrogen-bond acceptors (Lipinski definition) is 3. The number of benzene rings is 1. The SMILES string of the molecule is O=[C]c1ccc(OC(F)(F)F)cc1-c1cccc(Cl)n1. The van der Waals surface area contributed by atoms with Crippen molar-refractivity contribution in [1.82, 2.24) is 4.98 Å². The molecule has 1 aromatic heterocycles. The standard InChI is InChI=1S/C13H6ClF3NO2/c14-12-3-1-2-11(18-12)10-6-9(20-13(15,16)17)5-4-8(10)7-19/h1-6H. The van der Waals surface area contributed by atoms with Gasteiger partial charge in [0.25, 0.3) is 0 Å². The molecule has 7 heteroatoms. The van der Waals surface area contributed by atoms with Gasteiger partial charge in [0.05, 0.1) is 5.69 Å². The molecule has 0 saturated heterocycles. The number of carbonyl (C=O) groups excluding carboxylic acids is 1. The van der Waals surface area contributed by atoms with Gasteiger partial charge < -0.3 is 4.74 Å². The van der Waals surface area contributed by atoms with Crippen LogP contribution in [0, 0.1) is 0 Å². The van der Waals surface area contributed by atoms with Gasteiger partial charge in [-0.05, 0) is 30.3 Å². The van der Waals surface area contributed by atoms with E-state index in [1.807, 2.05) is 0 Å². The Kier molecular flexibility index (Phi) is 3.94. The van der Waals surface area contributed by atoms with Gasteiger partial charge in [0.15, 0.2) is 0 Å². The maximum atomic E-state index is 12.2. The molecule has 1 aromatic carbocycles. The highest BCUT2D eigenvalue weighted by molar-refractivity contribution is 6.29. The smallest absolute Gasteiger partial charge is 0.406 e. The Bertz CT molecular complexity index is 644. The Balaban J connectivity index is 2.49. The van der Waals surface area contributed by atoms with Gasteiger partial charge in [-0.15, -0.1) is 13.2 Å². The van der Waals surface area contributed by atoms with Gasteiger partial charge in [0.2, 0.25) is 6.29 Å². The molecule has 0 spiro atoms. The van der Waals surface area contributed by atoms with Gasteiger partial charge >= 0.3 is 6.36 Å². The molecule has 1 heterocycles. The first kappa shape index (κ1) is 14.3. The minimum atomic E-state index is -4.81. The summed E-state index contributed by atoms with van der Waals surface area (Å²) in [5.74, 6) is -0.451. The average molecular weight is 301 g/mol. The summed E-state index contributed by atoms with van der Waals surface area (Å²) >= 11 is 5.72. The van der Waals surface area contributed by atoms with Crippen molar-refractivity contribution in [3.05, 3.63) is 47.1 Å². The molecule has 0 unspecified atom stereocenters. The Morgan fingerprint density at radius 1 is 1.20 bits per heavy atom. The molecule has 0 amide bonds. The van der Waals surface area contributed by atoms with Crippen molar-refractivity contribution in [2.75, 3.05) is 0 Å². The van der Waals surface area contributed by atoms with Crippen LogP contribution in [0.25, 0.3) is 11.3 Å². The highest BCUT2D eigenvalue weighted by Gasteiger charge is 2.31. The van der Waals surface area contributed by atoms with Gasteiger partial charge in [-0.2, -0.15) is 0 Å². The molecular formula is C13H6ClF3NO2. The zero-order valence-electron chi connectivity index (χ0n) is 9.74. The van der Waals surface area contributed by atoms with Crippen LogP contribution in [-0.2, 0) is 4.79 Å². The molecule has 0 aliphatic carbocycles. The number of ether oxygens (including phenoxy) is 1. The minimum Gasteiger partial charge on any atom is -0.406 e. The van der Waals surface area contributed by atoms with Crippen molar-refractivity contribution >= 4 is 17.9 Å². The number of halogens is 4. The lowest BCUT2D eigenvalue weighted by molar-refractivity contribution is -0.274. The Morgan fingerprint density at radius 2 is 1.95 bits per heavy atom. The molecule has 0 saturated carbocycles. The number of rotatable bonds is 3. The van der Waals surface area contributed by atoms with Gasteiger partial charge in [0.1, 0.15) is 10.9 Å². The highest BCUT2D eigenvalue weighted by atomic mass is 35.5. The molecule has 0 fully saturated rings. The summed E-state index contributed by atoms with van der Waals surface area (Å²) in [6.45, 7) is 0. The van der Waals surface area contributed by atoms with Crippen LogP contribution in [0.4, 0.5) is 13.2 Å². The third-order valence-electron chi connectivity index (χ3n) is 2.33. The fourth-order valence-corrected chi connectivity index (χ4v) is 1.74. The Labute approximate surface area is 117 Å². The van der Waals surface area contributed by atoms with E-state index in [2.05, 4.69) is 9.72 Å². The van der Waals surface area contributed by atoms with Crippen molar-refractivity contribution in [2.45, 2.75) is 6.36 Å². The summed E-state index contributed by atoms with van der Waals surface area (Å²) < 4.78 is 40.4. The second-order valence-electron chi connectivity index (χ2n) is 3.70. The molecule has 2 rings (SSSR count). The van der Waals surface area contributed by atoms with E-state index in [1.165, 1.54) is 18.2 Å². The summed E-state index contributed by atoms with van der Waals surface area (Å²) in [4.78, 5) is 14.8. The zero-order chi connectivity index (χ0) is 14.8. The molecule has 2 aromatic rings. The van der Waals surface area contributed by atoms with Gasteiger partial charge in [-0.1, -0.05) is 17.7 Å². The number of hydrogen-bond donors (Lipinski definition) is 0. The highest BCUT2D eigenvalue weighted by Crippen LogP contribution is 2.29. The zero-order valence-corrected chi connectivity index (χ0v) is 10.5. The lowest BCUT2D eigenvalue weighted by Crippen LogP contribution is -2.17. The summed E-state index contributed by atoms with van der Waals surface area (Å²) in [6.07, 6.45) is -3.18. The maximum absolute atomic E-state index is 12.2. The molecule has 20 heavy (non-hydrogen) atoms. The molecule has 0 N–H and O–H groups in total. The largest absolute Gasteiger partial charge is 0.573 e. The van der Waals surface area contributed by atoms with Crippen LogP contribution in [0.5, 0.6) is 5.75 Å². The molecule has 0 aliphatic rings. The predicted octanol–water partition coefficient (Wildman–Crippen LogP) is 3.76. The Morgan fingerprint density at radius 3 is 2.55 bits per heavy atom. The molecule has 0 bridgehead atoms. The van der Waals surface area contributed by atoms with Gasteiger partial charge in [-0.3, -0.25) is 4.79 Å². The van der Waals surface area contributed by atoms with E-state index in [9.17, 15) is 18.0 Å². The molecule has 1 radical (unpaired) electrons. The molecule has 3 nitrogen and oxygen atoms in total. The normalized spacial score (nSPS) is 11.2. The van der Waals surface area contributed by atoms with Crippen LogP contribution in [0.15, 0.2) is 36.4 Å². The molecular weight excluding hydrogens is 295 g/mol.